The van der Waals surface area contributed by atoms with E-state index in [1.165, 1.54) is 0 Å². The topological polar surface area (TPSA) is 57.5 Å². The largest absolute Gasteiger partial charge is 0.508 e. The van der Waals surface area contributed by atoms with Gasteiger partial charge in [0.05, 0.1) is 5.41 Å². The Morgan fingerprint density at radius 1 is 1.00 bits per heavy atom. The number of carbonyl (C=O) groups is 1. The minimum atomic E-state index is -0.938. The average molecular weight is 256 g/mol. The van der Waals surface area contributed by atoms with Crippen LogP contribution in [0.3, 0.4) is 0 Å². The van der Waals surface area contributed by atoms with Gasteiger partial charge in [0.2, 0.25) is 0 Å². The fraction of sp³-hybridized carbons (Fsp3) is 0.188. The summed E-state index contributed by atoms with van der Waals surface area (Å²) in [7, 11) is 0. The molecule has 0 heterocycles. The van der Waals surface area contributed by atoms with Gasteiger partial charge >= 0.3 is 5.97 Å². The molecule has 0 spiro atoms. The summed E-state index contributed by atoms with van der Waals surface area (Å²) in [5.74, 6) is -0.666. The first kappa shape index (κ1) is 13.1. The Morgan fingerprint density at radius 3 is 2.16 bits per heavy atom. The molecule has 2 aromatic rings. The monoisotopic (exact) mass is 256 g/mol. The van der Waals surface area contributed by atoms with Crippen LogP contribution in [0.25, 0.3) is 11.1 Å². The molecule has 0 saturated heterocycles. The lowest BCUT2D eigenvalue weighted by atomic mass is 9.83. The minimum Gasteiger partial charge on any atom is -0.508 e. The summed E-state index contributed by atoms with van der Waals surface area (Å²) in [5.41, 5.74) is 1.55. The third-order valence-electron chi connectivity index (χ3n) is 3.30. The summed E-state index contributed by atoms with van der Waals surface area (Å²) in [6.45, 7) is 3.35. The highest BCUT2D eigenvalue weighted by Gasteiger charge is 2.29. The molecule has 0 aromatic heterocycles. The number of rotatable bonds is 3. The van der Waals surface area contributed by atoms with Crippen molar-refractivity contribution in [3.63, 3.8) is 0 Å². The zero-order valence-electron chi connectivity index (χ0n) is 10.9. The summed E-state index contributed by atoms with van der Waals surface area (Å²) in [6, 6.07) is 14.3. The van der Waals surface area contributed by atoms with Crippen LogP contribution in [0.2, 0.25) is 0 Å². The van der Waals surface area contributed by atoms with Gasteiger partial charge in [-0.15, -0.1) is 0 Å². The molecule has 0 unspecified atom stereocenters. The molecule has 0 aliphatic carbocycles. The first-order valence-electron chi connectivity index (χ1n) is 6.04. The zero-order valence-corrected chi connectivity index (χ0v) is 10.9. The third kappa shape index (κ3) is 2.60. The fourth-order valence-electron chi connectivity index (χ4n) is 1.90. The van der Waals surface area contributed by atoms with Crippen molar-refractivity contribution in [3.05, 3.63) is 54.1 Å². The predicted octanol–water partition coefficient (Wildman–Crippen LogP) is 3.42. The molecule has 0 atom stereocenters. The predicted molar refractivity (Wildman–Crippen MR) is 74.2 cm³/mol. The van der Waals surface area contributed by atoms with E-state index in [2.05, 4.69) is 0 Å². The summed E-state index contributed by atoms with van der Waals surface area (Å²) in [6.07, 6.45) is 0. The van der Waals surface area contributed by atoms with E-state index in [0.29, 0.717) is 0 Å². The van der Waals surface area contributed by atoms with Gasteiger partial charge in [-0.25, -0.2) is 0 Å². The Morgan fingerprint density at radius 2 is 1.58 bits per heavy atom. The highest BCUT2D eigenvalue weighted by atomic mass is 16.4. The molecule has 2 rings (SSSR count). The van der Waals surface area contributed by atoms with Gasteiger partial charge in [0.1, 0.15) is 5.75 Å². The van der Waals surface area contributed by atoms with E-state index in [0.717, 1.165) is 16.7 Å². The van der Waals surface area contributed by atoms with Crippen LogP contribution in [0.1, 0.15) is 19.4 Å². The molecule has 3 heteroatoms. The number of aromatic hydroxyl groups is 1. The number of carboxylic acid groups (broad SMARTS) is 1. The lowest BCUT2D eigenvalue weighted by molar-refractivity contribution is -0.142. The second kappa shape index (κ2) is 4.76. The van der Waals surface area contributed by atoms with Crippen molar-refractivity contribution in [1.82, 2.24) is 0 Å². The van der Waals surface area contributed by atoms with Crippen molar-refractivity contribution in [2.75, 3.05) is 0 Å². The number of phenols is 1. The fourth-order valence-corrected chi connectivity index (χ4v) is 1.90. The quantitative estimate of drug-likeness (QED) is 0.884. The van der Waals surface area contributed by atoms with Gasteiger partial charge in [-0.2, -0.15) is 0 Å². The summed E-state index contributed by atoms with van der Waals surface area (Å²) in [5, 5.41) is 18.8. The Labute approximate surface area is 112 Å². The van der Waals surface area contributed by atoms with Crippen LogP contribution in [0.4, 0.5) is 0 Å². The van der Waals surface area contributed by atoms with E-state index in [9.17, 15) is 15.0 Å². The van der Waals surface area contributed by atoms with Crippen LogP contribution in [0.5, 0.6) is 5.75 Å². The van der Waals surface area contributed by atoms with Crippen molar-refractivity contribution in [1.29, 1.82) is 0 Å². The maximum Gasteiger partial charge on any atom is 0.313 e. The molecule has 2 aromatic carbocycles. The first-order chi connectivity index (χ1) is 8.91. The van der Waals surface area contributed by atoms with E-state index >= 15 is 0 Å². The highest BCUT2D eigenvalue weighted by molar-refractivity contribution is 5.81. The molecule has 98 valence electrons. The number of benzene rings is 2. The maximum absolute atomic E-state index is 11.3. The molecule has 0 aliphatic rings. The van der Waals surface area contributed by atoms with E-state index in [1.54, 1.807) is 38.1 Å². The molecule has 0 aliphatic heterocycles. The van der Waals surface area contributed by atoms with Crippen molar-refractivity contribution in [3.8, 4) is 16.9 Å². The van der Waals surface area contributed by atoms with Crippen LogP contribution in [0.15, 0.2) is 48.5 Å². The van der Waals surface area contributed by atoms with Crippen molar-refractivity contribution in [2.45, 2.75) is 19.3 Å². The van der Waals surface area contributed by atoms with E-state index in [4.69, 9.17) is 0 Å². The van der Waals surface area contributed by atoms with Gasteiger partial charge in [-0.3, -0.25) is 4.79 Å². The molecule has 0 saturated carbocycles. The Hall–Kier alpha value is -2.29. The van der Waals surface area contributed by atoms with Crippen molar-refractivity contribution in [2.24, 2.45) is 0 Å². The lowest BCUT2D eigenvalue weighted by Crippen LogP contribution is -2.28. The lowest BCUT2D eigenvalue weighted by Gasteiger charge is -2.20. The molecule has 0 bridgehead atoms. The SMILES string of the molecule is CC(C)(C(=O)O)c1cccc(-c2cccc(O)c2)c1. The second-order valence-corrected chi connectivity index (χ2v) is 5.06. The van der Waals surface area contributed by atoms with Crippen LogP contribution in [0, 0.1) is 0 Å². The normalized spacial score (nSPS) is 11.3. The molecule has 19 heavy (non-hydrogen) atoms. The first-order valence-corrected chi connectivity index (χ1v) is 6.04. The number of hydrogen-bond donors (Lipinski definition) is 2. The number of phenolic OH excluding ortho intramolecular Hbond substituents is 1. The standard InChI is InChI=1S/C16H16O3/c1-16(2,15(18)19)13-7-3-5-11(9-13)12-6-4-8-14(17)10-12/h3-10,17H,1-2H3,(H,18,19). The number of carboxylic acids is 1. The Kier molecular flexibility index (Phi) is 3.30. The van der Waals surface area contributed by atoms with Crippen LogP contribution in [-0.2, 0) is 10.2 Å². The van der Waals surface area contributed by atoms with Crippen LogP contribution in [-0.4, -0.2) is 16.2 Å². The molecular weight excluding hydrogens is 240 g/mol. The van der Waals surface area contributed by atoms with Gasteiger partial charge in [0.25, 0.3) is 0 Å². The van der Waals surface area contributed by atoms with Gasteiger partial charge in [-0.05, 0) is 42.7 Å². The summed E-state index contributed by atoms with van der Waals surface area (Å²) < 4.78 is 0. The Bertz CT molecular complexity index is 615. The molecule has 0 radical (unpaired) electrons. The number of hydrogen-bond acceptors (Lipinski definition) is 2. The summed E-state index contributed by atoms with van der Waals surface area (Å²) in [4.78, 5) is 11.3. The Balaban J connectivity index is 2.48. The van der Waals surface area contributed by atoms with Crippen molar-refractivity contribution < 1.29 is 15.0 Å². The maximum atomic E-state index is 11.3. The van der Waals surface area contributed by atoms with Crippen LogP contribution < -0.4 is 0 Å². The molecular formula is C16H16O3. The molecule has 0 fully saturated rings. The second-order valence-electron chi connectivity index (χ2n) is 5.06. The van der Waals surface area contributed by atoms with E-state index in [1.807, 2.05) is 24.3 Å². The van der Waals surface area contributed by atoms with E-state index in [-0.39, 0.29) is 5.75 Å². The van der Waals surface area contributed by atoms with Gasteiger partial charge < -0.3 is 10.2 Å². The van der Waals surface area contributed by atoms with Crippen molar-refractivity contribution >= 4 is 5.97 Å². The molecule has 0 amide bonds. The highest BCUT2D eigenvalue weighted by Crippen LogP contribution is 2.29. The minimum absolute atomic E-state index is 0.195. The van der Waals surface area contributed by atoms with Gasteiger partial charge in [-0.1, -0.05) is 36.4 Å². The van der Waals surface area contributed by atoms with E-state index < -0.39 is 11.4 Å². The molecule has 3 nitrogen and oxygen atoms in total. The van der Waals surface area contributed by atoms with Gasteiger partial charge in [0.15, 0.2) is 0 Å². The van der Waals surface area contributed by atoms with Crippen LogP contribution >= 0.6 is 0 Å². The summed E-state index contributed by atoms with van der Waals surface area (Å²) >= 11 is 0. The third-order valence-corrected chi connectivity index (χ3v) is 3.30. The van der Waals surface area contributed by atoms with Gasteiger partial charge in [0, 0.05) is 0 Å². The average Bonchev–Trinajstić information content (AvgIpc) is 2.38. The molecule has 2 N–H and O–H groups in total. The number of aliphatic carboxylic acids is 1. The smallest absolute Gasteiger partial charge is 0.313 e. The zero-order chi connectivity index (χ0) is 14.0.